The maximum atomic E-state index is 13.2. The van der Waals surface area contributed by atoms with Gasteiger partial charge in [0.25, 0.3) is 0 Å². The standard InChI is InChI=1S/C25H32BrN3O3/c1-4-20-22-19-11-8-10-17-18(12-9-13-26)24(25(30)32-5-2)29(23(17)19)14-6-7-15-31-16-21(22)28(3)27-20/h8,10-11H,4-7,9,12-16H2,1-3H3. The number of carbonyl (C=O) groups excluding carboxylic acids is 1. The van der Waals surface area contributed by atoms with Gasteiger partial charge >= 0.3 is 5.97 Å². The lowest BCUT2D eigenvalue weighted by Crippen LogP contribution is -2.15. The van der Waals surface area contributed by atoms with Crippen molar-refractivity contribution < 1.29 is 14.3 Å². The third-order valence-electron chi connectivity index (χ3n) is 6.22. The number of benzene rings is 1. The molecule has 7 heteroatoms. The second-order valence-electron chi connectivity index (χ2n) is 8.20. The predicted octanol–water partition coefficient (Wildman–Crippen LogP) is 5.42. The van der Waals surface area contributed by atoms with Crippen molar-refractivity contribution in [1.29, 1.82) is 0 Å². The molecule has 0 amide bonds. The lowest BCUT2D eigenvalue weighted by Gasteiger charge is -2.13. The maximum Gasteiger partial charge on any atom is 0.355 e. The molecule has 2 aromatic heterocycles. The summed E-state index contributed by atoms with van der Waals surface area (Å²) in [4.78, 5) is 13.2. The van der Waals surface area contributed by atoms with Gasteiger partial charge in [-0.3, -0.25) is 4.68 Å². The Morgan fingerprint density at radius 2 is 2.12 bits per heavy atom. The van der Waals surface area contributed by atoms with Crippen molar-refractivity contribution in [2.24, 2.45) is 7.05 Å². The average molecular weight is 502 g/mol. The summed E-state index contributed by atoms with van der Waals surface area (Å²) in [5, 5.41) is 6.85. The number of aromatic nitrogens is 3. The number of nitrogens with zero attached hydrogens (tertiary/aromatic N) is 3. The van der Waals surface area contributed by atoms with E-state index in [2.05, 4.69) is 45.6 Å². The molecule has 0 radical (unpaired) electrons. The zero-order valence-corrected chi connectivity index (χ0v) is 20.8. The monoisotopic (exact) mass is 501 g/mol. The molecular weight excluding hydrogens is 470 g/mol. The predicted molar refractivity (Wildman–Crippen MR) is 130 cm³/mol. The first-order valence-corrected chi connectivity index (χ1v) is 12.7. The maximum absolute atomic E-state index is 13.2. The number of esters is 1. The summed E-state index contributed by atoms with van der Waals surface area (Å²) in [7, 11) is 1.99. The van der Waals surface area contributed by atoms with Crippen molar-refractivity contribution in [2.75, 3.05) is 18.5 Å². The Morgan fingerprint density at radius 3 is 2.88 bits per heavy atom. The van der Waals surface area contributed by atoms with E-state index in [9.17, 15) is 4.79 Å². The first-order valence-electron chi connectivity index (χ1n) is 11.6. The number of halogens is 1. The fourth-order valence-electron chi connectivity index (χ4n) is 4.82. The number of carbonyl (C=O) groups is 1. The summed E-state index contributed by atoms with van der Waals surface area (Å²) >= 11 is 3.56. The van der Waals surface area contributed by atoms with Crippen molar-refractivity contribution in [1.82, 2.24) is 14.3 Å². The highest BCUT2D eigenvalue weighted by molar-refractivity contribution is 9.09. The minimum Gasteiger partial charge on any atom is -0.461 e. The van der Waals surface area contributed by atoms with Gasteiger partial charge in [0, 0.05) is 42.0 Å². The Bertz CT molecular complexity index is 1120. The number of para-hydroxylation sites is 1. The first kappa shape index (κ1) is 23.1. The summed E-state index contributed by atoms with van der Waals surface area (Å²) in [6.07, 6.45) is 4.51. The molecule has 0 spiro atoms. The summed E-state index contributed by atoms with van der Waals surface area (Å²) in [5.74, 6) is -0.229. The van der Waals surface area contributed by atoms with Gasteiger partial charge in [0.05, 0.1) is 30.1 Å². The van der Waals surface area contributed by atoms with Gasteiger partial charge in [-0.25, -0.2) is 4.79 Å². The fourth-order valence-corrected chi connectivity index (χ4v) is 5.10. The van der Waals surface area contributed by atoms with Crippen LogP contribution in [0.15, 0.2) is 18.2 Å². The first-order chi connectivity index (χ1) is 15.6. The van der Waals surface area contributed by atoms with Crippen molar-refractivity contribution in [3.8, 4) is 11.1 Å². The lowest BCUT2D eigenvalue weighted by molar-refractivity contribution is 0.0512. The largest absolute Gasteiger partial charge is 0.461 e. The van der Waals surface area contributed by atoms with Gasteiger partial charge < -0.3 is 14.0 Å². The zero-order chi connectivity index (χ0) is 22.7. The summed E-state index contributed by atoms with van der Waals surface area (Å²) < 4.78 is 15.7. The minimum atomic E-state index is -0.229. The van der Waals surface area contributed by atoms with E-state index >= 15 is 0 Å². The fraction of sp³-hybridized carbons (Fsp3) is 0.520. The van der Waals surface area contributed by atoms with Crippen LogP contribution in [0, 0.1) is 0 Å². The molecule has 1 aromatic carbocycles. The van der Waals surface area contributed by atoms with Crippen LogP contribution in [-0.2, 0) is 42.5 Å². The van der Waals surface area contributed by atoms with Gasteiger partial charge in [-0.05, 0) is 44.6 Å². The van der Waals surface area contributed by atoms with Gasteiger partial charge in [0.1, 0.15) is 5.69 Å². The number of fused-ring (bicyclic) bond motifs is 2. The average Bonchev–Trinajstić information content (AvgIpc) is 3.27. The zero-order valence-electron chi connectivity index (χ0n) is 19.2. The van der Waals surface area contributed by atoms with Gasteiger partial charge in [-0.2, -0.15) is 5.10 Å². The van der Waals surface area contributed by atoms with Gasteiger partial charge in [-0.1, -0.05) is 41.1 Å². The normalized spacial score (nSPS) is 14.2. The molecule has 0 bridgehead atoms. The number of aryl methyl sites for hydroxylation is 4. The molecule has 172 valence electrons. The van der Waals surface area contributed by atoms with E-state index in [1.54, 1.807) is 0 Å². The summed E-state index contributed by atoms with van der Waals surface area (Å²) in [6.45, 7) is 6.36. The van der Waals surface area contributed by atoms with Crippen LogP contribution >= 0.6 is 15.9 Å². The Balaban J connectivity index is 2.08. The van der Waals surface area contributed by atoms with E-state index in [4.69, 9.17) is 14.6 Å². The molecule has 0 saturated heterocycles. The van der Waals surface area contributed by atoms with Gasteiger partial charge in [0.2, 0.25) is 0 Å². The van der Waals surface area contributed by atoms with Crippen LogP contribution < -0.4 is 0 Å². The van der Waals surface area contributed by atoms with Crippen molar-refractivity contribution in [3.05, 3.63) is 40.8 Å². The van der Waals surface area contributed by atoms with Crippen LogP contribution in [0.4, 0.5) is 0 Å². The number of rotatable bonds is 6. The smallest absolute Gasteiger partial charge is 0.355 e. The number of alkyl halides is 1. The number of hydrogen-bond acceptors (Lipinski definition) is 4. The molecule has 3 heterocycles. The van der Waals surface area contributed by atoms with E-state index in [-0.39, 0.29) is 5.97 Å². The van der Waals surface area contributed by atoms with Gasteiger partial charge in [0.15, 0.2) is 0 Å². The van der Waals surface area contributed by atoms with Crippen LogP contribution in [0.25, 0.3) is 22.0 Å². The number of hydrogen-bond donors (Lipinski definition) is 0. The molecule has 3 aromatic rings. The van der Waals surface area contributed by atoms with E-state index in [0.29, 0.717) is 25.5 Å². The van der Waals surface area contributed by atoms with E-state index in [1.807, 2.05) is 18.7 Å². The topological polar surface area (TPSA) is 58.3 Å². The molecule has 0 atom stereocenters. The second-order valence-corrected chi connectivity index (χ2v) is 8.99. The third kappa shape index (κ3) is 4.13. The SMILES string of the molecule is CCOC(=O)c1c(CCCBr)c2cccc3c2n1CCCCOCc1c-3c(CC)nn1C. The molecule has 0 fully saturated rings. The van der Waals surface area contributed by atoms with E-state index < -0.39 is 0 Å². The van der Waals surface area contributed by atoms with Crippen molar-refractivity contribution in [2.45, 2.75) is 59.1 Å². The third-order valence-corrected chi connectivity index (χ3v) is 6.78. The molecule has 1 aliphatic heterocycles. The molecular formula is C25H32BrN3O3. The molecule has 32 heavy (non-hydrogen) atoms. The highest BCUT2D eigenvalue weighted by Gasteiger charge is 2.28. The molecule has 4 rings (SSSR count). The molecule has 6 nitrogen and oxygen atoms in total. The molecule has 1 aliphatic rings. The second kappa shape index (κ2) is 10.2. The van der Waals surface area contributed by atoms with Gasteiger partial charge in [-0.15, -0.1) is 0 Å². The van der Waals surface area contributed by atoms with Crippen LogP contribution in [0.1, 0.15) is 60.5 Å². The Morgan fingerprint density at radius 1 is 1.28 bits per heavy atom. The van der Waals surface area contributed by atoms with Crippen LogP contribution in [-0.4, -0.2) is 38.9 Å². The lowest BCUT2D eigenvalue weighted by atomic mass is 9.97. The quantitative estimate of drug-likeness (QED) is 0.334. The van der Waals surface area contributed by atoms with Crippen LogP contribution in [0.5, 0.6) is 0 Å². The molecule has 0 saturated carbocycles. The Labute approximate surface area is 198 Å². The highest BCUT2D eigenvalue weighted by atomic mass is 79.9. The molecule has 0 aliphatic carbocycles. The Hall–Kier alpha value is -2.12. The minimum absolute atomic E-state index is 0.229. The van der Waals surface area contributed by atoms with Crippen molar-refractivity contribution >= 4 is 32.8 Å². The van der Waals surface area contributed by atoms with E-state index in [0.717, 1.165) is 83.0 Å². The van der Waals surface area contributed by atoms with Crippen LogP contribution in [0.2, 0.25) is 0 Å². The summed E-state index contributed by atoms with van der Waals surface area (Å²) in [5.41, 5.74) is 7.34. The molecule has 0 unspecified atom stereocenters. The molecule has 0 N–H and O–H groups in total. The van der Waals surface area contributed by atoms with Crippen molar-refractivity contribution in [3.63, 3.8) is 0 Å². The van der Waals surface area contributed by atoms with E-state index in [1.165, 1.54) is 0 Å². The summed E-state index contributed by atoms with van der Waals surface area (Å²) in [6, 6.07) is 6.42. The Kier molecular flexibility index (Phi) is 7.36. The van der Waals surface area contributed by atoms with Crippen LogP contribution in [0.3, 0.4) is 0 Å². The highest BCUT2D eigenvalue weighted by Crippen LogP contribution is 2.39. The number of ether oxygens (including phenoxy) is 2.